The fourth-order valence-corrected chi connectivity index (χ4v) is 3.30. The number of hydrogen-bond acceptors (Lipinski definition) is 3. The van der Waals surface area contributed by atoms with E-state index in [2.05, 4.69) is 10.6 Å². The maximum absolute atomic E-state index is 11.9. The van der Waals surface area contributed by atoms with Crippen LogP contribution in [0, 0.1) is 0 Å². The minimum absolute atomic E-state index is 0.0366. The quantitative estimate of drug-likeness (QED) is 0.887. The molecule has 0 aromatic heterocycles. The lowest BCUT2D eigenvalue weighted by Gasteiger charge is -2.30. The average Bonchev–Trinajstić information content (AvgIpc) is 2.41. The number of carbonyl (C=O) groups excluding carboxylic acids is 1. The molecule has 1 aliphatic heterocycles. The molecule has 0 radical (unpaired) electrons. The number of hydrogen-bond donors (Lipinski definition) is 2. The molecule has 2 rings (SSSR count). The Morgan fingerprint density at radius 1 is 1.29 bits per heavy atom. The molecule has 1 saturated heterocycles. The van der Waals surface area contributed by atoms with Gasteiger partial charge in [0.1, 0.15) is 0 Å². The molecule has 0 bridgehead atoms. The highest BCUT2D eigenvalue weighted by atomic mass is 35.5. The first kappa shape index (κ1) is 16.1. The lowest BCUT2D eigenvalue weighted by Crippen LogP contribution is -2.47. The van der Waals surface area contributed by atoms with Crippen LogP contribution in [0.5, 0.6) is 0 Å². The van der Waals surface area contributed by atoms with Crippen LogP contribution in [0.25, 0.3) is 0 Å². The van der Waals surface area contributed by atoms with Crippen LogP contribution in [0.2, 0.25) is 5.02 Å². The van der Waals surface area contributed by atoms with Gasteiger partial charge in [-0.1, -0.05) is 23.7 Å². The zero-order chi connectivity index (χ0) is 15.5. The van der Waals surface area contributed by atoms with E-state index in [1.54, 1.807) is 24.3 Å². The molecule has 2 amide bonds. The number of rotatable bonds is 3. The predicted molar refractivity (Wildman–Crippen MR) is 83.0 cm³/mol. The highest BCUT2D eigenvalue weighted by Crippen LogP contribution is 2.20. The molecule has 1 aromatic carbocycles. The Morgan fingerprint density at radius 2 is 1.90 bits per heavy atom. The van der Waals surface area contributed by atoms with Gasteiger partial charge in [0.05, 0.1) is 17.0 Å². The standard InChI is InChI=1S/C13H18ClN3O3S/c1-21(19,20)17-8-6-10(7-9-17)15-13(18)16-12-5-3-2-4-11(12)14/h2-5,10H,6-9H2,1H3,(H2,15,16,18). The third-order valence-corrected chi connectivity index (χ3v) is 5.01. The van der Waals surface area contributed by atoms with Crippen molar-refractivity contribution in [2.75, 3.05) is 24.7 Å². The molecule has 0 unspecified atom stereocenters. The summed E-state index contributed by atoms with van der Waals surface area (Å²) in [7, 11) is -3.14. The van der Waals surface area contributed by atoms with Gasteiger partial charge in [0.25, 0.3) is 0 Å². The highest BCUT2D eigenvalue weighted by Gasteiger charge is 2.25. The summed E-state index contributed by atoms with van der Waals surface area (Å²) in [5.74, 6) is 0. The minimum Gasteiger partial charge on any atom is -0.335 e. The van der Waals surface area contributed by atoms with Crippen LogP contribution >= 0.6 is 11.6 Å². The molecule has 0 aliphatic carbocycles. The minimum atomic E-state index is -3.14. The van der Waals surface area contributed by atoms with Gasteiger partial charge >= 0.3 is 6.03 Å². The molecule has 2 N–H and O–H groups in total. The average molecular weight is 332 g/mol. The summed E-state index contributed by atoms with van der Waals surface area (Å²) in [6.45, 7) is 0.853. The van der Waals surface area contributed by atoms with Crippen LogP contribution in [0.3, 0.4) is 0 Å². The fourth-order valence-electron chi connectivity index (χ4n) is 2.24. The van der Waals surface area contributed by atoms with E-state index in [1.165, 1.54) is 10.6 Å². The van der Waals surface area contributed by atoms with E-state index < -0.39 is 10.0 Å². The van der Waals surface area contributed by atoms with Crippen molar-refractivity contribution in [1.82, 2.24) is 9.62 Å². The number of benzene rings is 1. The van der Waals surface area contributed by atoms with E-state index in [9.17, 15) is 13.2 Å². The van der Waals surface area contributed by atoms with E-state index in [0.29, 0.717) is 36.6 Å². The topological polar surface area (TPSA) is 78.5 Å². The van der Waals surface area contributed by atoms with E-state index in [4.69, 9.17) is 11.6 Å². The lowest BCUT2D eigenvalue weighted by atomic mass is 10.1. The second-order valence-electron chi connectivity index (χ2n) is 5.01. The molecule has 1 fully saturated rings. The van der Waals surface area contributed by atoms with Crippen molar-refractivity contribution in [3.8, 4) is 0 Å². The number of amides is 2. The molecule has 21 heavy (non-hydrogen) atoms. The first-order chi connectivity index (χ1) is 9.86. The molecular weight excluding hydrogens is 314 g/mol. The molecule has 1 aliphatic rings. The Hall–Kier alpha value is -1.31. The van der Waals surface area contributed by atoms with Crippen molar-refractivity contribution in [2.45, 2.75) is 18.9 Å². The summed E-state index contributed by atoms with van der Waals surface area (Å²) in [6.07, 6.45) is 2.40. The summed E-state index contributed by atoms with van der Waals surface area (Å²) in [5.41, 5.74) is 0.547. The van der Waals surface area contributed by atoms with Crippen LogP contribution < -0.4 is 10.6 Å². The van der Waals surface area contributed by atoms with Crippen molar-refractivity contribution >= 4 is 33.3 Å². The number of piperidine rings is 1. The van der Waals surface area contributed by atoms with E-state index >= 15 is 0 Å². The maximum atomic E-state index is 11.9. The van der Waals surface area contributed by atoms with Gasteiger partial charge in [-0.2, -0.15) is 0 Å². The van der Waals surface area contributed by atoms with Crippen LogP contribution in [0.1, 0.15) is 12.8 Å². The first-order valence-corrected chi connectivity index (χ1v) is 8.86. The van der Waals surface area contributed by atoms with Gasteiger partial charge in [-0.15, -0.1) is 0 Å². The number of para-hydroxylation sites is 1. The van der Waals surface area contributed by atoms with Crippen molar-refractivity contribution in [1.29, 1.82) is 0 Å². The molecule has 8 heteroatoms. The van der Waals surface area contributed by atoms with E-state index in [-0.39, 0.29) is 12.1 Å². The number of anilines is 1. The fraction of sp³-hybridized carbons (Fsp3) is 0.462. The smallest absolute Gasteiger partial charge is 0.319 e. The number of nitrogens with zero attached hydrogens (tertiary/aromatic N) is 1. The molecule has 0 atom stereocenters. The number of halogens is 1. The third-order valence-electron chi connectivity index (χ3n) is 3.38. The molecular formula is C13H18ClN3O3S. The van der Waals surface area contributed by atoms with Crippen molar-refractivity contribution in [3.63, 3.8) is 0 Å². The van der Waals surface area contributed by atoms with Crippen LogP contribution in [-0.4, -0.2) is 44.1 Å². The number of nitrogens with one attached hydrogen (secondary N) is 2. The lowest BCUT2D eigenvalue weighted by molar-refractivity contribution is 0.238. The number of urea groups is 1. The Labute approximate surface area is 129 Å². The highest BCUT2D eigenvalue weighted by molar-refractivity contribution is 7.88. The normalized spacial score (nSPS) is 17.4. The van der Waals surface area contributed by atoms with Gasteiger partial charge in [-0.3, -0.25) is 0 Å². The maximum Gasteiger partial charge on any atom is 0.319 e. The van der Waals surface area contributed by atoms with Gasteiger partial charge in [0.2, 0.25) is 10.0 Å². The summed E-state index contributed by atoms with van der Waals surface area (Å²) < 4.78 is 24.2. The Morgan fingerprint density at radius 3 is 2.48 bits per heavy atom. The first-order valence-electron chi connectivity index (χ1n) is 6.63. The Kier molecular flexibility index (Phi) is 5.08. The van der Waals surface area contributed by atoms with Crippen LogP contribution in [0.4, 0.5) is 10.5 Å². The molecule has 0 spiro atoms. The van der Waals surface area contributed by atoms with Gasteiger partial charge in [-0.25, -0.2) is 17.5 Å². The SMILES string of the molecule is CS(=O)(=O)N1CCC(NC(=O)Nc2ccccc2Cl)CC1. The Bertz CT molecular complexity index is 613. The van der Waals surface area contributed by atoms with Crippen molar-refractivity contribution < 1.29 is 13.2 Å². The summed E-state index contributed by atoms with van der Waals surface area (Å²) in [6, 6.07) is 6.61. The van der Waals surface area contributed by atoms with Gasteiger partial charge in [0, 0.05) is 19.1 Å². The summed E-state index contributed by atoms with van der Waals surface area (Å²) in [5, 5.41) is 5.99. The predicted octanol–water partition coefficient (Wildman–Crippen LogP) is 1.89. The van der Waals surface area contributed by atoms with Crippen LogP contribution in [0.15, 0.2) is 24.3 Å². The van der Waals surface area contributed by atoms with E-state index in [1.807, 2.05) is 0 Å². The van der Waals surface area contributed by atoms with Gasteiger partial charge in [-0.05, 0) is 25.0 Å². The van der Waals surface area contributed by atoms with E-state index in [0.717, 1.165) is 0 Å². The van der Waals surface area contributed by atoms with Crippen LogP contribution in [-0.2, 0) is 10.0 Å². The molecule has 1 heterocycles. The monoisotopic (exact) mass is 331 g/mol. The van der Waals surface area contributed by atoms with Crippen molar-refractivity contribution in [2.24, 2.45) is 0 Å². The molecule has 1 aromatic rings. The molecule has 6 nitrogen and oxygen atoms in total. The zero-order valence-electron chi connectivity index (χ0n) is 11.7. The third kappa shape index (κ3) is 4.59. The summed E-state index contributed by atoms with van der Waals surface area (Å²) >= 11 is 5.96. The largest absolute Gasteiger partial charge is 0.335 e. The number of sulfonamides is 1. The zero-order valence-corrected chi connectivity index (χ0v) is 13.2. The number of carbonyl (C=O) groups is 1. The van der Waals surface area contributed by atoms with Gasteiger partial charge < -0.3 is 10.6 Å². The van der Waals surface area contributed by atoms with Gasteiger partial charge in [0.15, 0.2) is 0 Å². The second kappa shape index (κ2) is 6.64. The summed E-state index contributed by atoms with van der Waals surface area (Å²) in [4.78, 5) is 11.9. The molecule has 0 saturated carbocycles. The second-order valence-corrected chi connectivity index (χ2v) is 7.40. The molecule has 116 valence electrons. The Balaban J connectivity index is 1.84. The van der Waals surface area contributed by atoms with Crippen molar-refractivity contribution in [3.05, 3.63) is 29.3 Å².